The molecule has 2 unspecified atom stereocenters. The van der Waals surface area contributed by atoms with Crippen LogP contribution in [0, 0.1) is 11.8 Å². The van der Waals surface area contributed by atoms with Gasteiger partial charge in [0, 0.05) is 19.0 Å². The number of hydrogen-bond acceptors (Lipinski definition) is 1. The molecule has 0 radical (unpaired) electrons. The van der Waals surface area contributed by atoms with Gasteiger partial charge in [-0.05, 0) is 38.0 Å². The summed E-state index contributed by atoms with van der Waals surface area (Å²) in [5.74, 6) is 1.44. The van der Waals surface area contributed by atoms with Crippen LogP contribution in [-0.2, 0) is 4.79 Å². The lowest BCUT2D eigenvalue weighted by molar-refractivity contribution is -0.137. The molecule has 2 aliphatic rings. The average molecular weight is 195 g/mol. The molecule has 1 saturated carbocycles. The number of likely N-dealkylation sites (tertiary alicyclic amines) is 1. The van der Waals surface area contributed by atoms with Gasteiger partial charge < -0.3 is 4.90 Å². The minimum atomic E-state index is 0.355. The minimum absolute atomic E-state index is 0.355. The smallest absolute Gasteiger partial charge is 0.225 e. The van der Waals surface area contributed by atoms with Gasteiger partial charge in [0.15, 0.2) is 0 Å². The lowest BCUT2D eigenvalue weighted by atomic mass is 9.95. The molecule has 80 valence electrons. The standard InChI is InChI=1S/C12H21NO/c1-10-6-5-7-11(10)12(14)13-8-3-2-4-9-13/h10-11H,2-9H2,1H3. The number of carbonyl (C=O) groups excluding carboxylic acids is 1. The highest BCUT2D eigenvalue weighted by Gasteiger charge is 2.32. The van der Waals surface area contributed by atoms with Gasteiger partial charge in [0.25, 0.3) is 0 Å². The van der Waals surface area contributed by atoms with Gasteiger partial charge >= 0.3 is 0 Å². The summed E-state index contributed by atoms with van der Waals surface area (Å²) in [4.78, 5) is 14.2. The number of rotatable bonds is 1. The lowest BCUT2D eigenvalue weighted by Crippen LogP contribution is -2.40. The SMILES string of the molecule is CC1CCCC1C(=O)N1CCCCC1. The number of piperidine rings is 1. The van der Waals surface area contributed by atoms with Gasteiger partial charge in [0.2, 0.25) is 5.91 Å². The molecule has 14 heavy (non-hydrogen) atoms. The predicted molar refractivity (Wildman–Crippen MR) is 56.9 cm³/mol. The molecule has 2 fully saturated rings. The zero-order valence-electron chi connectivity index (χ0n) is 9.17. The van der Waals surface area contributed by atoms with Gasteiger partial charge in [-0.3, -0.25) is 4.79 Å². The fraction of sp³-hybridized carbons (Fsp3) is 0.917. The van der Waals surface area contributed by atoms with Gasteiger partial charge in [-0.25, -0.2) is 0 Å². The Labute approximate surface area is 86.7 Å². The summed E-state index contributed by atoms with van der Waals surface area (Å²) in [5.41, 5.74) is 0. The highest BCUT2D eigenvalue weighted by Crippen LogP contribution is 2.33. The van der Waals surface area contributed by atoms with Crippen molar-refractivity contribution in [3.05, 3.63) is 0 Å². The first-order valence-electron chi connectivity index (χ1n) is 6.08. The molecule has 2 heteroatoms. The average Bonchev–Trinajstić information content (AvgIpc) is 2.65. The highest BCUT2D eigenvalue weighted by atomic mass is 16.2. The second kappa shape index (κ2) is 4.33. The van der Waals surface area contributed by atoms with Crippen molar-refractivity contribution in [2.24, 2.45) is 11.8 Å². The molecule has 0 bridgehead atoms. The lowest BCUT2D eigenvalue weighted by Gasteiger charge is -2.30. The molecule has 1 saturated heterocycles. The Morgan fingerprint density at radius 1 is 1.07 bits per heavy atom. The molecule has 2 rings (SSSR count). The first-order valence-corrected chi connectivity index (χ1v) is 6.08. The van der Waals surface area contributed by atoms with Crippen LogP contribution < -0.4 is 0 Å². The second-order valence-electron chi connectivity index (χ2n) is 4.90. The van der Waals surface area contributed by atoms with Gasteiger partial charge in [0.05, 0.1) is 0 Å². The van der Waals surface area contributed by atoms with E-state index in [2.05, 4.69) is 11.8 Å². The van der Waals surface area contributed by atoms with E-state index in [0.717, 1.165) is 19.5 Å². The largest absolute Gasteiger partial charge is 0.342 e. The molecule has 0 N–H and O–H groups in total. The summed E-state index contributed by atoms with van der Waals surface area (Å²) < 4.78 is 0. The van der Waals surface area contributed by atoms with Crippen LogP contribution in [0.4, 0.5) is 0 Å². The fourth-order valence-corrected chi connectivity index (χ4v) is 2.86. The molecule has 1 amide bonds. The van der Waals surface area contributed by atoms with Crippen LogP contribution in [0.3, 0.4) is 0 Å². The van der Waals surface area contributed by atoms with E-state index in [1.807, 2.05) is 0 Å². The Morgan fingerprint density at radius 2 is 1.79 bits per heavy atom. The van der Waals surface area contributed by atoms with Crippen molar-refractivity contribution >= 4 is 5.91 Å². The van der Waals surface area contributed by atoms with Crippen molar-refractivity contribution in [3.63, 3.8) is 0 Å². The van der Waals surface area contributed by atoms with E-state index < -0.39 is 0 Å². The van der Waals surface area contributed by atoms with E-state index in [0.29, 0.717) is 17.7 Å². The Balaban J connectivity index is 1.92. The van der Waals surface area contributed by atoms with Crippen LogP contribution in [0.5, 0.6) is 0 Å². The van der Waals surface area contributed by atoms with E-state index in [1.54, 1.807) is 0 Å². The van der Waals surface area contributed by atoms with E-state index in [-0.39, 0.29) is 0 Å². The van der Waals surface area contributed by atoms with Crippen molar-refractivity contribution < 1.29 is 4.79 Å². The highest BCUT2D eigenvalue weighted by molar-refractivity contribution is 5.79. The third-order valence-corrected chi connectivity index (χ3v) is 3.85. The van der Waals surface area contributed by atoms with Gasteiger partial charge in [0.1, 0.15) is 0 Å². The second-order valence-corrected chi connectivity index (χ2v) is 4.90. The first-order chi connectivity index (χ1) is 6.79. The van der Waals surface area contributed by atoms with E-state index in [9.17, 15) is 4.79 Å². The van der Waals surface area contributed by atoms with Crippen molar-refractivity contribution in [3.8, 4) is 0 Å². The Morgan fingerprint density at radius 3 is 2.36 bits per heavy atom. The summed E-state index contributed by atoms with van der Waals surface area (Å²) in [6.07, 6.45) is 7.38. The summed E-state index contributed by atoms with van der Waals surface area (Å²) in [7, 11) is 0. The molecule has 0 aromatic heterocycles. The maximum absolute atomic E-state index is 12.1. The first kappa shape index (κ1) is 10.0. The van der Waals surface area contributed by atoms with Gasteiger partial charge in [-0.15, -0.1) is 0 Å². The Hall–Kier alpha value is -0.530. The quantitative estimate of drug-likeness (QED) is 0.629. The molecular formula is C12H21NO. The number of hydrogen-bond donors (Lipinski definition) is 0. The van der Waals surface area contributed by atoms with Crippen molar-refractivity contribution in [1.29, 1.82) is 0 Å². The normalized spacial score (nSPS) is 33.4. The Bertz CT molecular complexity index is 208. The molecule has 2 atom stereocenters. The molecule has 0 spiro atoms. The maximum atomic E-state index is 12.1. The molecule has 1 heterocycles. The van der Waals surface area contributed by atoms with Gasteiger partial charge in [-0.1, -0.05) is 13.3 Å². The number of nitrogens with zero attached hydrogens (tertiary/aromatic N) is 1. The molecule has 0 aromatic carbocycles. The van der Waals surface area contributed by atoms with Crippen molar-refractivity contribution in [1.82, 2.24) is 4.90 Å². The third-order valence-electron chi connectivity index (χ3n) is 3.85. The maximum Gasteiger partial charge on any atom is 0.225 e. The Kier molecular flexibility index (Phi) is 3.09. The third kappa shape index (κ3) is 1.94. The molecule has 2 nitrogen and oxygen atoms in total. The summed E-state index contributed by atoms with van der Waals surface area (Å²) in [5, 5.41) is 0. The van der Waals surface area contributed by atoms with Crippen LogP contribution in [0.15, 0.2) is 0 Å². The van der Waals surface area contributed by atoms with E-state index in [1.165, 1.54) is 32.1 Å². The van der Waals surface area contributed by atoms with E-state index >= 15 is 0 Å². The monoisotopic (exact) mass is 195 g/mol. The zero-order valence-corrected chi connectivity index (χ0v) is 9.17. The fourth-order valence-electron chi connectivity index (χ4n) is 2.86. The molecule has 0 aromatic rings. The van der Waals surface area contributed by atoms with Crippen LogP contribution in [-0.4, -0.2) is 23.9 Å². The molecule has 1 aliphatic heterocycles. The van der Waals surface area contributed by atoms with E-state index in [4.69, 9.17) is 0 Å². The summed E-state index contributed by atoms with van der Waals surface area (Å²) >= 11 is 0. The van der Waals surface area contributed by atoms with Crippen LogP contribution in [0.2, 0.25) is 0 Å². The van der Waals surface area contributed by atoms with Gasteiger partial charge in [-0.2, -0.15) is 0 Å². The summed E-state index contributed by atoms with van der Waals surface area (Å²) in [6, 6.07) is 0. The van der Waals surface area contributed by atoms with Crippen molar-refractivity contribution in [2.45, 2.75) is 45.4 Å². The number of carbonyl (C=O) groups is 1. The molecular weight excluding hydrogens is 174 g/mol. The summed E-state index contributed by atoms with van der Waals surface area (Å²) in [6.45, 7) is 4.27. The zero-order chi connectivity index (χ0) is 9.97. The van der Waals surface area contributed by atoms with Crippen molar-refractivity contribution in [2.75, 3.05) is 13.1 Å². The van der Waals surface area contributed by atoms with Crippen LogP contribution >= 0.6 is 0 Å². The van der Waals surface area contributed by atoms with Crippen LogP contribution in [0.1, 0.15) is 45.4 Å². The molecule has 1 aliphatic carbocycles. The van der Waals surface area contributed by atoms with Crippen LogP contribution in [0.25, 0.3) is 0 Å². The minimum Gasteiger partial charge on any atom is -0.342 e. The topological polar surface area (TPSA) is 20.3 Å². The number of amides is 1. The predicted octanol–water partition coefficient (Wildman–Crippen LogP) is 2.44.